The molecule has 1 aliphatic heterocycles. The van der Waals surface area contributed by atoms with Crippen molar-refractivity contribution in [3.05, 3.63) is 40.9 Å². The van der Waals surface area contributed by atoms with Crippen molar-refractivity contribution < 1.29 is 33.0 Å². The molecule has 1 aliphatic rings. The topological polar surface area (TPSA) is 93.1 Å². The molecule has 0 saturated carbocycles. The second-order valence-electron chi connectivity index (χ2n) is 11.8. The molecule has 7 nitrogen and oxygen atoms in total. The number of carboxylic acid groups (broad SMARTS) is 1. The lowest BCUT2D eigenvalue weighted by molar-refractivity contribution is -0.157. The fourth-order valence-electron chi connectivity index (χ4n) is 3.49. The van der Waals surface area contributed by atoms with Gasteiger partial charge in [-0.15, -0.1) is 11.8 Å². The Labute approximate surface area is 235 Å². The Morgan fingerprint density at radius 3 is 2.21 bits per heavy atom. The highest BCUT2D eigenvalue weighted by Crippen LogP contribution is 2.46. The number of carboxylic acids is 1. The molecule has 0 bridgehead atoms. The molecule has 1 fully saturated rings. The number of ether oxygens (including phenoxy) is 1. The predicted molar refractivity (Wildman–Crippen MR) is 154 cm³/mol. The van der Waals surface area contributed by atoms with Crippen LogP contribution in [0.2, 0.25) is 18.1 Å². The minimum Gasteiger partial charge on any atom is -0.476 e. The van der Waals surface area contributed by atoms with Gasteiger partial charge in [-0.1, -0.05) is 60.6 Å². The number of thioether (sulfide) groups is 2. The molecule has 1 saturated heterocycles. The van der Waals surface area contributed by atoms with Crippen molar-refractivity contribution in [2.75, 3.05) is 5.75 Å². The number of halogens is 1. The van der Waals surface area contributed by atoms with Crippen LogP contribution in [0.5, 0.6) is 5.75 Å². The molecule has 212 valence electrons. The van der Waals surface area contributed by atoms with E-state index in [9.17, 15) is 23.9 Å². The van der Waals surface area contributed by atoms with E-state index in [0.717, 1.165) is 4.90 Å². The van der Waals surface area contributed by atoms with Crippen LogP contribution in [0.3, 0.4) is 0 Å². The van der Waals surface area contributed by atoms with Crippen LogP contribution >= 0.6 is 23.5 Å². The molecular formula is C27H40FNO6S2Si. The zero-order valence-electron chi connectivity index (χ0n) is 23.9. The molecular weight excluding hydrogens is 546 g/mol. The molecule has 0 aromatic heterocycles. The van der Waals surface area contributed by atoms with Gasteiger partial charge in [-0.25, -0.2) is 9.18 Å². The number of benzene rings is 1. The Morgan fingerprint density at radius 2 is 1.74 bits per heavy atom. The first-order valence-electron chi connectivity index (χ1n) is 12.6. The van der Waals surface area contributed by atoms with Gasteiger partial charge < -0.3 is 14.3 Å². The highest BCUT2D eigenvalue weighted by Gasteiger charge is 2.56. The second kappa shape index (κ2) is 12.1. The summed E-state index contributed by atoms with van der Waals surface area (Å²) in [5, 5.41) is 8.92. The quantitative estimate of drug-likeness (QED) is 0.140. The molecule has 3 atom stereocenters. The normalized spacial score (nSPS) is 20.0. The Bertz CT molecular complexity index is 1100. The van der Waals surface area contributed by atoms with Crippen molar-refractivity contribution in [3.63, 3.8) is 0 Å². The summed E-state index contributed by atoms with van der Waals surface area (Å²) in [5.74, 6) is -2.81. The number of para-hydroxylation sites is 1. The fourth-order valence-corrected chi connectivity index (χ4v) is 7.05. The van der Waals surface area contributed by atoms with Crippen molar-refractivity contribution in [2.24, 2.45) is 11.3 Å². The van der Waals surface area contributed by atoms with E-state index in [1.807, 2.05) is 13.8 Å². The van der Waals surface area contributed by atoms with E-state index in [0.29, 0.717) is 17.5 Å². The largest absolute Gasteiger partial charge is 0.476 e. The van der Waals surface area contributed by atoms with Crippen LogP contribution in [0.25, 0.3) is 0 Å². The van der Waals surface area contributed by atoms with Gasteiger partial charge in [-0.2, -0.15) is 0 Å². The first-order chi connectivity index (χ1) is 17.3. The SMILES string of the molecule is CCS[C@@H]1[C@@H]([C@@H](C)O[Si](C)(C)C(C)(C)C)C(=O)N1C(C(=O)O)=C(Oc1ccccc1F)SC(=O)C(C)(C)C. The van der Waals surface area contributed by atoms with Crippen LogP contribution in [0.4, 0.5) is 4.39 Å². The number of rotatable bonds is 10. The minimum absolute atomic E-state index is 0.0714. The molecule has 38 heavy (non-hydrogen) atoms. The highest BCUT2D eigenvalue weighted by atomic mass is 32.2. The van der Waals surface area contributed by atoms with Crippen LogP contribution in [-0.4, -0.2) is 52.5 Å². The molecule has 1 aromatic rings. The molecule has 1 aromatic carbocycles. The molecule has 2 rings (SSSR count). The van der Waals surface area contributed by atoms with Crippen molar-refractivity contribution in [3.8, 4) is 5.75 Å². The number of aliphatic carboxylic acids is 1. The van der Waals surface area contributed by atoms with Crippen LogP contribution in [0.1, 0.15) is 55.4 Å². The third kappa shape index (κ3) is 7.22. The first-order valence-corrected chi connectivity index (χ1v) is 17.4. The van der Waals surface area contributed by atoms with E-state index in [-0.39, 0.29) is 21.0 Å². The maximum Gasteiger partial charge on any atom is 0.357 e. The molecule has 11 heteroatoms. The maximum atomic E-state index is 14.5. The molecule has 1 N–H and O–H groups in total. The Hall–Kier alpha value is -1.82. The molecule has 0 unspecified atom stereocenters. The number of likely N-dealkylation sites (tertiary alicyclic amines) is 1. The average Bonchev–Trinajstić information content (AvgIpc) is 2.76. The number of hydrogen-bond donors (Lipinski definition) is 1. The number of nitrogens with zero attached hydrogens (tertiary/aromatic N) is 1. The van der Waals surface area contributed by atoms with Gasteiger partial charge in [0.15, 0.2) is 30.7 Å². The first kappa shape index (κ1) is 32.4. The summed E-state index contributed by atoms with van der Waals surface area (Å²) in [7, 11) is -2.21. The second-order valence-corrected chi connectivity index (χ2v) is 18.9. The van der Waals surface area contributed by atoms with E-state index in [2.05, 4.69) is 33.9 Å². The van der Waals surface area contributed by atoms with Crippen molar-refractivity contribution in [2.45, 2.75) is 85.0 Å². The Kier molecular flexibility index (Phi) is 10.3. The van der Waals surface area contributed by atoms with Gasteiger partial charge in [0, 0.05) is 5.41 Å². The molecule has 0 spiro atoms. The summed E-state index contributed by atoms with van der Waals surface area (Å²) in [5.41, 5.74) is -1.33. The van der Waals surface area contributed by atoms with Gasteiger partial charge in [0.25, 0.3) is 0 Å². The standard InChI is InChI=1S/C27H40FNO6S2Si/c1-11-36-22-19(16(2)35-38(9,10)27(6,7)8)21(30)29(22)20(23(31)32)24(37-25(33)26(3,4)5)34-18-15-13-12-14-17(18)28/h12-16,19,22H,11H2,1-10H3,(H,31,32)/t16-,19+,22-/m1/s1. The van der Waals surface area contributed by atoms with Crippen LogP contribution in [0.15, 0.2) is 35.1 Å². The molecule has 1 amide bonds. The zero-order valence-corrected chi connectivity index (χ0v) is 26.5. The van der Waals surface area contributed by atoms with E-state index in [4.69, 9.17) is 9.16 Å². The van der Waals surface area contributed by atoms with Gasteiger partial charge >= 0.3 is 5.97 Å². The number of β-lactam (4-membered cyclic amide) rings is 1. The number of amides is 1. The van der Waals surface area contributed by atoms with Gasteiger partial charge in [-0.05, 0) is 54.7 Å². The Balaban J connectivity index is 2.58. The summed E-state index contributed by atoms with van der Waals surface area (Å²) in [6.45, 7) is 19.4. The van der Waals surface area contributed by atoms with Crippen LogP contribution in [0, 0.1) is 17.2 Å². The van der Waals surface area contributed by atoms with Gasteiger partial charge in [0.2, 0.25) is 11.0 Å². The monoisotopic (exact) mass is 585 g/mol. The molecule has 0 aliphatic carbocycles. The zero-order chi connectivity index (χ0) is 29.2. The summed E-state index contributed by atoms with van der Waals surface area (Å²) >= 11 is 1.97. The summed E-state index contributed by atoms with van der Waals surface area (Å²) in [6, 6.07) is 5.51. The number of carbonyl (C=O) groups excluding carboxylic acids is 2. The Morgan fingerprint density at radius 1 is 1.16 bits per heavy atom. The summed E-state index contributed by atoms with van der Waals surface area (Å²) in [6.07, 6.45) is -0.446. The lowest BCUT2D eigenvalue weighted by atomic mass is 9.92. The van der Waals surface area contributed by atoms with Crippen molar-refractivity contribution in [1.82, 2.24) is 4.90 Å². The van der Waals surface area contributed by atoms with Crippen molar-refractivity contribution >= 4 is 48.8 Å². The van der Waals surface area contributed by atoms with Crippen LogP contribution in [-0.2, 0) is 18.8 Å². The lowest BCUT2D eigenvalue weighted by Gasteiger charge is -2.50. The molecule has 1 heterocycles. The molecule has 0 radical (unpaired) electrons. The summed E-state index contributed by atoms with van der Waals surface area (Å²) in [4.78, 5) is 40.3. The van der Waals surface area contributed by atoms with Crippen LogP contribution < -0.4 is 4.74 Å². The fraction of sp³-hybridized carbons (Fsp3) is 0.593. The maximum absolute atomic E-state index is 14.5. The van der Waals surface area contributed by atoms with E-state index < -0.39 is 54.5 Å². The highest BCUT2D eigenvalue weighted by molar-refractivity contribution is 8.16. The van der Waals surface area contributed by atoms with Crippen molar-refractivity contribution in [1.29, 1.82) is 0 Å². The average molecular weight is 586 g/mol. The predicted octanol–water partition coefficient (Wildman–Crippen LogP) is 6.71. The van der Waals surface area contributed by atoms with E-state index in [1.165, 1.54) is 36.0 Å². The smallest absolute Gasteiger partial charge is 0.357 e. The van der Waals surface area contributed by atoms with E-state index >= 15 is 0 Å². The summed E-state index contributed by atoms with van der Waals surface area (Å²) < 4.78 is 26.7. The van der Waals surface area contributed by atoms with Gasteiger partial charge in [-0.3, -0.25) is 14.5 Å². The lowest BCUT2D eigenvalue weighted by Crippen LogP contribution is -2.64. The number of carbonyl (C=O) groups is 3. The van der Waals surface area contributed by atoms with E-state index in [1.54, 1.807) is 20.8 Å². The third-order valence-corrected chi connectivity index (χ3v) is 13.7. The third-order valence-electron chi connectivity index (χ3n) is 6.69. The van der Waals surface area contributed by atoms with Gasteiger partial charge in [0.1, 0.15) is 0 Å². The number of hydrogen-bond acceptors (Lipinski definition) is 7. The minimum atomic E-state index is -2.21. The van der Waals surface area contributed by atoms with Gasteiger partial charge in [0.05, 0.1) is 17.4 Å².